The summed E-state index contributed by atoms with van der Waals surface area (Å²) in [7, 11) is 1.57. The van der Waals surface area contributed by atoms with Crippen LogP contribution in [0.2, 0.25) is 0 Å². The summed E-state index contributed by atoms with van der Waals surface area (Å²) < 4.78 is 11.1. The molecule has 1 saturated heterocycles. The van der Waals surface area contributed by atoms with Crippen molar-refractivity contribution in [1.29, 1.82) is 0 Å². The maximum absolute atomic E-state index is 11.5. The Morgan fingerprint density at radius 3 is 2.44 bits per heavy atom. The summed E-state index contributed by atoms with van der Waals surface area (Å²) >= 11 is 0. The molecular weight excluding hydrogens is 322 g/mol. The predicted octanol–water partition coefficient (Wildman–Crippen LogP) is 1.53. The van der Waals surface area contributed by atoms with Crippen LogP contribution in [0.5, 0.6) is 17.4 Å². The van der Waals surface area contributed by atoms with Crippen molar-refractivity contribution in [2.45, 2.75) is 6.92 Å². The van der Waals surface area contributed by atoms with E-state index in [0.717, 1.165) is 0 Å². The van der Waals surface area contributed by atoms with E-state index in [4.69, 9.17) is 15.2 Å². The standard InChI is InChI=1S/C17H21N5O3/c1-12(23)21-7-9-22(10-8-21)16-15(18)17(20-11-19-16)25-14-6-4-3-5-13(14)24-2/h3-6,11H,7-10,18H2,1-2H3. The molecular formula is C17H21N5O3. The molecule has 0 radical (unpaired) electrons. The largest absolute Gasteiger partial charge is 0.493 e. The van der Waals surface area contributed by atoms with Gasteiger partial charge in [-0.3, -0.25) is 4.79 Å². The van der Waals surface area contributed by atoms with E-state index in [-0.39, 0.29) is 11.8 Å². The number of rotatable bonds is 4. The highest BCUT2D eigenvalue weighted by Crippen LogP contribution is 2.35. The molecule has 1 aromatic carbocycles. The summed E-state index contributed by atoms with van der Waals surface area (Å²) in [6.45, 7) is 4.18. The lowest BCUT2D eigenvalue weighted by molar-refractivity contribution is -0.129. The number of carbonyl (C=O) groups excluding carboxylic acids is 1. The van der Waals surface area contributed by atoms with Crippen LogP contribution in [0, 0.1) is 0 Å². The summed E-state index contributed by atoms with van der Waals surface area (Å²) in [6.07, 6.45) is 1.42. The Balaban J connectivity index is 1.80. The highest BCUT2D eigenvalue weighted by Gasteiger charge is 2.23. The first kappa shape index (κ1) is 16.8. The predicted molar refractivity (Wildman–Crippen MR) is 94.0 cm³/mol. The zero-order valence-electron chi connectivity index (χ0n) is 14.3. The molecule has 0 bridgehead atoms. The van der Waals surface area contributed by atoms with Crippen LogP contribution in [-0.4, -0.2) is 54.1 Å². The molecule has 2 aromatic rings. The summed E-state index contributed by atoms with van der Waals surface area (Å²) in [5.74, 6) is 2.10. The lowest BCUT2D eigenvalue weighted by atomic mass is 10.3. The van der Waals surface area contributed by atoms with Crippen LogP contribution in [0.1, 0.15) is 6.92 Å². The Morgan fingerprint density at radius 1 is 1.12 bits per heavy atom. The molecule has 8 heteroatoms. The van der Waals surface area contributed by atoms with Gasteiger partial charge in [-0.25, -0.2) is 4.98 Å². The number of para-hydroxylation sites is 2. The summed E-state index contributed by atoms with van der Waals surface area (Å²) in [4.78, 5) is 23.7. The lowest BCUT2D eigenvalue weighted by Gasteiger charge is -2.35. The molecule has 1 aliphatic rings. The van der Waals surface area contributed by atoms with Gasteiger partial charge >= 0.3 is 0 Å². The second-order valence-electron chi connectivity index (χ2n) is 5.66. The third-order valence-electron chi connectivity index (χ3n) is 4.13. The van der Waals surface area contributed by atoms with E-state index in [1.165, 1.54) is 6.33 Å². The fourth-order valence-corrected chi connectivity index (χ4v) is 2.74. The van der Waals surface area contributed by atoms with Crippen molar-refractivity contribution in [1.82, 2.24) is 14.9 Å². The Hall–Kier alpha value is -3.03. The molecule has 0 unspecified atom stereocenters. The number of hydrogen-bond donors (Lipinski definition) is 1. The van der Waals surface area contributed by atoms with Gasteiger partial charge in [-0.05, 0) is 12.1 Å². The number of hydrogen-bond acceptors (Lipinski definition) is 7. The van der Waals surface area contributed by atoms with Crippen LogP contribution in [0.4, 0.5) is 11.5 Å². The molecule has 8 nitrogen and oxygen atoms in total. The first-order valence-electron chi connectivity index (χ1n) is 8.02. The topological polar surface area (TPSA) is 93.8 Å². The lowest BCUT2D eigenvalue weighted by Crippen LogP contribution is -2.48. The quantitative estimate of drug-likeness (QED) is 0.899. The van der Waals surface area contributed by atoms with Crippen molar-refractivity contribution in [2.75, 3.05) is 43.9 Å². The normalized spacial score (nSPS) is 14.3. The minimum Gasteiger partial charge on any atom is -0.493 e. The van der Waals surface area contributed by atoms with Crippen LogP contribution in [-0.2, 0) is 4.79 Å². The Bertz CT molecular complexity index is 760. The highest BCUT2D eigenvalue weighted by molar-refractivity contribution is 5.74. The van der Waals surface area contributed by atoms with Gasteiger partial charge in [-0.1, -0.05) is 12.1 Å². The third kappa shape index (κ3) is 3.57. The number of methoxy groups -OCH3 is 1. The number of aromatic nitrogens is 2. The van der Waals surface area contributed by atoms with Gasteiger partial charge in [0.25, 0.3) is 0 Å². The van der Waals surface area contributed by atoms with Crippen LogP contribution in [0.15, 0.2) is 30.6 Å². The Kier molecular flexibility index (Phi) is 4.87. The molecule has 0 saturated carbocycles. The number of carbonyl (C=O) groups is 1. The van der Waals surface area contributed by atoms with Crippen molar-refractivity contribution >= 4 is 17.4 Å². The number of piperazine rings is 1. The smallest absolute Gasteiger partial charge is 0.248 e. The molecule has 1 fully saturated rings. The minimum atomic E-state index is 0.0792. The van der Waals surface area contributed by atoms with Gasteiger partial charge in [0.15, 0.2) is 17.3 Å². The number of nitrogens with two attached hydrogens (primary N) is 1. The van der Waals surface area contributed by atoms with Gasteiger partial charge < -0.3 is 25.0 Å². The van der Waals surface area contributed by atoms with Gasteiger partial charge in [0.1, 0.15) is 12.0 Å². The van der Waals surface area contributed by atoms with Gasteiger partial charge in [0.2, 0.25) is 11.8 Å². The van der Waals surface area contributed by atoms with Crippen LogP contribution < -0.4 is 20.1 Å². The average Bonchev–Trinajstić information content (AvgIpc) is 2.64. The molecule has 0 spiro atoms. The Labute approximate surface area is 146 Å². The molecule has 3 rings (SSSR count). The van der Waals surface area contributed by atoms with E-state index in [2.05, 4.69) is 9.97 Å². The van der Waals surface area contributed by atoms with E-state index >= 15 is 0 Å². The number of anilines is 2. The van der Waals surface area contributed by atoms with Crippen LogP contribution >= 0.6 is 0 Å². The first-order valence-corrected chi connectivity index (χ1v) is 8.02. The molecule has 2 heterocycles. The van der Waals surface area contributed by atoms with E-state index in [1.807, 2.05) is 17.0 Å². The number of benzene rings is 1. The maximum Gasteiger partial charge on any atom is 0.248 e. The fourth-order valence-electron chi connectivity index (χ4n) is 2.74. The zero-order chi connectivity index (χ0) is 17.8. The molecule has 1 amide bonds. The van der Waals surface area contributed by atoms with Crippen molar-refractivity contribution < 1.29 is 14.3 Å². The van der Waals surface area contributed by atoms with Gasteiger partial charge in [-0.15, -0.1) is 0 Å². The molecule has 1 aliphatic heterocycles. The van der Waals surface area contributed by atoms with E-state index < -0.39 is 0 Å². The Morgan fingerprint density at radius 2 is 1.80 bits per heavy atom. The average molecular weight is 343 g/mol. The van der Waals surface area contributed by atoms with E-state index in [9.17, 15) is 4.79 Å². The minimum absolute atomic E-state index is 0.0792. The zero-order valence-corrected chi connectivity index (χ0v) is 14.3. The van der Waals surface area contributed by atoms with E-state index in [0.29, 0.717) is 49.2 Å². The van der Waals surface area contributed by atoms with Crippen molar-refractivity contribution in [3.63, 3.8) is 0 Å². The van der Waals surface area contributed by atoms with Crippen molar-refractivity contribution in [3.05, 3.63) is 30.6 Å². The molecule has 25 heavy (non-hydrogen) atoms. The molecule has 2 N–H and O–H groups in total. The van der Waals surface area contributed by atoms with Crippen LogP contribution in [0.25, 0.3) is 0 Å². The van der Waals surface area contributed by atoms with Gasteiger partial charge in [0.05, 0.1) is 7.11 Å². The molecule has 1 aromatic heterocycles. The molecule has 0 atom stereocenters. The van der Waals surface area contributed by atoms with E-state index in [1.54, 1.807) is 31.1 Å². The summed E-state index contributed by atoms with van der Waals surface area (Å²) in [5, 5.41) is 0. The number of ether oxygens (including phenoxy) is 2. The highest BCUT2D eigenvalue weighted by atomic mass is 16.5. The molecule has 132 valence electrons. The monoisotopic (exact) mass is 343 g/mol. The first-order chi connectivity index (χ1) is 12.1. The fraction of sp³-hybridized carbons (Fsp3) is 0.353. The third-order valence-corrected chi connectivity index (χ3v) is 4.13. The maximum atomic E-state index is 11.5. The molecule has 0 aliphatic carbocycles. The number of amides is 1. The van der Waals surface area contributed by atoms with Crippen molar-refractivity contribution in [2.24, 2.45) is 0 Å². The van der Waals surface area contributed by atoms with Crippen LogP contribution in [0.3, 0.4) is 0 Å². The second-order valence-corrected chi connectivity index (χ2v) is 5.66. The second kappa shape index (κ2) is 7.25. The van der Waals surface area contributed by atoms with Gasteiger partial charge in [-0.2, -0.15) is 4.98 Å². The summed E-state index contributed by atoms with van der Waals surface area (Å²) in [6, 6.07) is 7.28. The SMILES string of the molecule is COc1ccccc1Oc1ncnc(N2CCN(C(C)=O)CC2)c1N. The summed E-state index contributed by atoms with van der Waals surface area (Å²) in [5.41, 5.74) is 6.60. The van der Waals surface area contributed by atoms with Crippen molar-refractivity contribution in [3.8, 4) is 17.4 Å². The van der Waals surface area contributed by atoms with Gasteiger partial charge in [0, 0.05) is 33.1 Å². The number of nitrogen functional groups attached to an aromatic ring is 1. The number of nitrogens with zero attached hydrogens (tertiary/aromatic N) is 4.